The molecule has 0 bridgehead atoms. The van der Waals surface area contributed by atoms with Crippen molar-refractivity contribution in [3.8, 4) is 0 Å². The highest BCUT2D eigenvalue weighted by Gasteiger charge is 2.12. The van der Waals surface area contributed by atoms with Gasteiger partial charge in [-0.05, 0) is 55.3 Å². The predicted molar refractivity (Wildman–Crippen MR) is 78.6 cm³/mol. The van der Waals surface area contributed by atoms with Gasteiger partial charge in [0.2, 0.25) is 0 Å². The summed E-state index contributed by atoms with van der Waals surface area (Å²) in [5, 5.41) is 3.37. The largest absolute Gasteiger partial charge is 0.313 e. The number of halogens is 1. The van der Waals surface area contributed by atoms with E-state index in [-0.39, 0.29) is 0 Å². The molecule has 1 N–H and O–H groups in total. The Balaban J connectivity index is 2.20. The van der Waals surface area contributed by atoms with Crippen LogP contribution in [-0.2, 0) is 6.42 Å². The Morgan fingerprint density at radius 3 is 2.56 bits per heavy atom. The second-order valence-electron chi connectivity index (χ2n) is 4.40. The summed E-state index contributed by atoms with van der Waals surface area (Å²) in [7, 11) is 2.00. The van der Waals surface area contributed by atoms with Crippen molar-refractivity contribution in [1.29, 1.82) is 0 Å². The van der Waals surface area contributed by atoms with Gasteiger partial charge in [-0.15, -0.1) is 0 Å². The molecule has 2 aromatic rings. The van der Waals surface area contributed by atoms with Gasteiger partial charge in [0.1, 0.15) is 0 Å². The van der Waals surface area contributed by atoms with Crippen LogP contribution in [0.5, 0.6) is 0 Å². The average Bonchev–Trinajstić information content (AvgIpc) is 2.39. The van der Waals surface area contributed by atoms with Crippen LogP contribution in [0.4, 0.5) is 0 Å². The molecule has 1 heterocycles. The molecule has 2 nitrogen and oxygen atoms in total. The number of benzene rings is 1. The molecule has 0 spiro atoms. The zero-order chi connectivity index (χ0) is 13.0. The van der Waals surface area contributed by atoms with Gasteiger partial charge in [0, 0.05) is 22.9 Å². The summed E-state index contributed by atoms with van der Waals surface area (Å²) in [5.41, 5.74) is 3.87. The first-order valence-corrected chi connectivity index (χ1v) is 6.82. The van der Waals surface area contributed by atoms with Gasteiger partial charge in [-0.1, -0.05) is 28.1 Å². The van der Waals surface area contributed by atoms with Gasteiger partial charge >= 0.3 is 0 Å². The van der Waals surface area contributed by atoms with Crippen molar-refractivity contribution in [3.63, 3.8) is 0 Å². The molecule has 0 radical (unpaired) electrons. The fourth-order valence-corrected chi connectivity index (χ4v) is 2.33. The van der Waals surface area contributed by atoms with Gasteiger partial charge in [0.05, 0.1) is 0 Å². The van der Waals surface area contributed by atoms with Crippen LogP contribution in [0.3, 0.4) is 0 Å². The maximum absolute atomic E-state index is 4.22. The molecule has 1 unspecified atom stereocenters. The van der Waals surface area contributed by atoms with Crippen LogP contribution in [0.1, 0.15) is 22.7 Å². The second kappa shape index (κ2) is 6.12. The van der Waals surface area contributed by atoms with Gasteiger partial charge < -0.3 is 5.32 Å². The number of pyridine rings is 1. The summed E-state index contributed by atoms with van der Waals surface area (Å²) in [6.07, 6.45) is 4.76. The highest BCUT2D eigenvalue weighted by atomic mass is 79.9. The molecule has 0 aliphatic carbocycles. The summed E-state index contributed by atoms with van der Waals surface area (Å²) in [4.78, 5) is 4.22. The van der Waals surface area contributed by atoms with Crippen LogP contribution in [0.25, 0.3) is 0 Å². The lowest BCUT2D eigenvalue weighted by molar-refractivity contribution is 0.586. The molecule has 94 valence electrons. The van der Waals surface area contributed by atoms with Crippen molar-refractivity contribution in [3.05, 3.63) is 63.9 Å². The van der Waals surface area contributed by atoms with E-state index in [1.165, 1.54) is 16.7 Å². The van der Waals surface area contributed by atoms with Crippen LogP contribution < -0.4 is 5.32 Å². The molecule has 0 fully saturated rings. The number of rotatable bonds is 4. The SMILES string of the molecule is CNC(Cc1ccc(Br)cc1)c1cnccc1C. The molecule has 3 heteroatoms. The highest BCUT2D eigenvalue weighted by molar-refractivity contribution is 9.10. The molecular formula is C15H17BrN2. The van der Waals surface area contributed by atoms with Gasteiger partial charge in [-0.3, -0.25) is 4.98 Å². The van der Waals surface area contributed by atoms with Crippen molar-refractivity contribution in [2.24, 2.45) is 0 Å². The molecule has 0 amide bonds. The standard InChI is InChI=1S/C15H17BrN2/c1-11-7-8-18-10-14(11)15(17-2)9-12-3-5-13(16)6-4-12/h3-8,10,15,17H,9H2,1-2H3. The minimum absolute atomic E-state index is 0.305. The lowest BCUT2D eigenvalue weighted by Crippen LogP contribution is -2.20. The Labute approximate surface area is 117 Å². The van der Waals surface area contributed by atoms with E-state index in [4.69, 9.17) is 0 Å². The van der Waals surface area contributed by atoms with E-state index in [1.807, 2.05) is 19.4 Å². The van der Waals surface area contributed by atoms with Crippen molar-refractivity contribution >= 4 is 15.9 Å². The van der Waals surface area contributed by atoms with Crippen LogP contribution in [-0.4, -0.2) is 12.0 Å². The Morgan fingerprint density at radius 1 is 1.22 bits per heavy atom. The smallest absolute Gasteiger partial charge is 0.0376 e. The molecule has 0 aliphatic rings. The summed E-state index contributed by atoms with van der Waals surface area (Å²) in [6.45, 7) is 2.13. The van der Waals surface area contributed by atoms with Crippen LogP contribution >= 0.6 is 15.9 Å². The molecular weight excluding hydrogens is 288 g/mol. The number of nitrogens with one attached hydrogen (secondary N) is 1. The first kappa shape index (κ1) is 13.2. The summed E-state index contributed by atoms with van der Waals surface area (Å²) in [5.74, 6) is 0. The van der Waals surface area contributed by atoms with E-state index in [0.717, 1.165) is 10.9 Å². The van der Waals surface area contributed by atoms with E-state index < -0.39 is 0 Å². The second-order valence-corrected chi connectivity index (χ2v) is 5.32. The maximum atomic E-state index is 4.22. The lowest BCUT2D eigenvalue weighted by Gasteiger charge is -2.18. The zero-order valence-electron chi connectivity index (χ0n) is 10.7. The topological polar surface area (TPSA) is 24.9 Å². The van der Waals surface area contributed by atoms with E-state index in [9.17, 15) is 0 Å². The van der Waals surface area contributed by atoms with Crippen molar-refractivity contribution in [2.75, 3.05) is 7.05 Å². The molecule has 18 heavy (non-hydrogen) atoms. The number of aromatic nitrogens is 1. The van der Waals surface area contributed by atoms with Crippen LogP contribution in [0.2, 0.25) is 0 Å². The highest BCUT2D eigenvalue weighted by Crippen LogP contribution is 2.21. The molecule has 1 aromatic carbocycles. The summed E-state index contributed by atoms with van der Waals surface area (Å²) in [6, 6.07) is 10.8. The number of nitrogens with zero attached hydrogens (tertiary/aromatic N) is 1. The predicted octanol–water partition coefficient (Wildman–Crippen LogP) is 3.66. The van der Waals surface area contributed by atoms with Gasteiger partial charge in [-0.25, -0.2) is 0 Å². The van der Waals surface area contributed by atoms with Gasteiger partial charge in [-0.2, -0.15) is 0 Å². The minimum Gasteiger partial charge on any atom is -0.313 e. The Bertz CT molecular complexity index is 508. The number of likely N-dealkylation sites (N-methyl/N-ethyl adjacent to an activating group) is 1. The van der Waals surface area contributed by atoms with Crippen LogP contribution in [0, 0.1) is 6.92 Å². The Morgan fingerprint density at radius 2 is 1.94 bits per heavy atom. The van der Waals surface area contributed by atoms with E-state index in [1.54, 1.807) is 0 Å². The Kier molecular flexibility index (Phi) is 4.50. The first-order valence-electron chi connectivity index (χ1n) is 6.03. The van der Waals surface area contributed by atoms with E-state index in [2.05, 4.69) is 63.5 Å². The fraction of sp³-hybridized carbons (Fsp3) is 0.267. The van der Waals surface area contributed by atoms with Gasteiger partial charge in [0.25, 0.3) is 0 Å². The molecule has 1 aromatic heterocycles. The van der Waals surface area contributed by atoms with Gasteiger partial charge in [0.15, 0.2) is 0 Å². The van der Waals surface area contributed by atoms with E-state index >= 15 is 0 Å². The zero-order valence-corrected chi connectivity index (χ0v) is 12.2. The number of hydrogen-bond donors (Lipinski definition) is 1. The average molecular weight is 305 g/mol. The summed E-state index contributed by atoms with van der Waals surface area (Å²) < 4.78 is 1.12. The first-order chi connectivity index (χ1) is 8.70. The molecule has 1 atom stereocenters. The minimum atomic E-state index is 0.305. The van der Waals surface area contributed by atoms with E-state index in [0.29, 0.717) is 6.04 Å². The van der Waals surface area contributed by atoms with Crippen LogP contribution in [0.15, 0.2) is 47.2 Å². The van der Waals surface area contributed by atoms with Crippen molar-refractivity contribution in [1.82, 2.24) is 10.3 Å². The molecule has 0 aliphatic heterocycles. The number of aryl methyl sites for hydroxylation is 1. The molecule has 2 rings (SSSR count). The molecule has 0 saturated heterocycles. The van der Waals surface area contributed by atoms with Crippen molar-refractivity contribution in [2.45, 2.75) is 19.4 Å². The third kappa shape index (κ3) is 3.18. The quantitative estimate of drug-likeness (QED) is 0.932. The lowest BCUT2D eigenvalue weighted by atomic mass is 9.97. The Hall–Kier alpha value is -1.19. The maximum Gasteiger partial charge on any atom is 0.0376 e. The monoisotopic (exact) mass is 304 g/mol. The number of hydrogen-bond acceptors (Lipinski definition) is 2. The fourth-order valence-electron chi connectivity index (χ4n) is 2.06. The third-order valence-corrected chi connectivity index (χ3v) is 3.69. The normalized spacial score (nSPS) is 12.4. The third-order valence-electron chi connectivity index (χ3n) is 3.16. The van der Waals surface area contributed by atoms with Crippen molar-refractivity contribution < 1.29 is 0 Å². The summed E-state index contributed by atoms with van der Waals surface area (Å²) >= 11 is 3.46. The molecule has 0 saturated carbocycles.